The number of nitrogens with zero attached hydrogens (tertiary/aromatic N) is 1. The lowest BCUT2D eigenvalue weighted by Crippen LogP contribution is -2.29. The zero-order valence-electron chi connectivity index (χ0n) is 14.2. The number of rotatable bonds is 4. The number of ether oxygens (including phenoxy) is 1. The van der Waals surface area contributed by atoms with Gasteiger partial charge in [-0.05, 0) is 55.2 Å². The fourth-order valence-corrected chi connectivity index (χ4v) is 4.91. The molecule has 136 valence electrons. The minimum atomic E-state index is -3.62. The summed E-state index contributed by atoms with van der Waals surface area (Å²) in [6, 6.07) is 13.8. The highest BCUT2D eigenvalue weighted by Gasteiger charge is 2.30. The summed E-state index contributed by atoms with van der Waals surface area (Å²) in [6.07, 6.45) is 1.89. The molecule has 2 aliphatic rings. The maximum Gasteiger partial charge on any atom is 0.264 e. The Morgan fingerprint density at radius 1 is 1.12 bits per heavy atom. The third kappa shape index (κ3) is 3.08. The largest absolute Gasteiger partial charge is 0.368 e. The molecule has 1 amide bonds. The van der Waals surface area contributed by atoms with E-state index in [9.17, 15) is 13.2 Å². The summed E-state index contributed by atoms with van der Waals surface area (Å²) >= 11 is 0. The summed E-state index contributed by atoms with van der Waals surface area (Å²) in [5.41, 5.74) is 2.34. The first-order valence-corrected chi connectivity index (χ1v) is 10.1. The molecule has 0 aliphatic carbocycles. The molecule has 1 saturated heterocycles. The second-order valence-corrected chi connectivity index (χ2v) is 8.33. The molecule has 2 aromatic rings. The molecule has 0 unspecified atom stereocenters. The number of para-hydroxylation sites is 1. The Hall–Kier alpha value is -2.38. The van der Waals surface area contributed by atoms with Crippen molar-refractivity contribution in [1.29, 1.82) is 0 Å². The smallest absolute Gasteiger partial charge is 0.264 e. The zero-order valence-corrected chi connectivity index (χ0v) is 15.0. The molecule has 1 fully saturated rings. The van der Waals surface area contributed by atoms with Crippen molar-refractivity contribution in [2.45, 2.75) is 30.3 Å². The molecule has 0 bridgehead atoms. The summed E-state index contributed by atoms with van der Waals surface area (Å²) in [7, 11) is -3.62. The Balaban J connectivity index is 1.52. The predicted molar refractivity (Wildman–Crippen MR) is 98.7 cm³/mol. The van der Waals surface area contributed by atoms with E-state index in [-0.39, 0.29) is 10.8 Å². The summed E-state index contributed by atoms with van der Waals surface area (Å²) in [5, 5.41) is 2.78. The standard InChI is InChI=1S/C19H20N2O4S/c22-19(18-6-3-13-25-18)20-15-7-9-16(10-8-15)26(23,24)21-12-11-14-4-1-2-5-17(14)21/h1-2,4-5,7-10,18H,3,6,11-13H2,(H,20,22)/t18-/m1/s1. The van der Waals surface area contributed by atoms with Crippen molar-refractivity contribution in [1.82, 2.24) is 0 Å². The number of anilines is 2. The molecular formula is C19H20N2O4S. The van der Waals surface area contributed by atoms with Crippen molar-refractivity contribution in [2.24, 2.45) is 0 Å². The molecule has 1 atom stereocenters. The van der Waals surface area contributed by atoms with Gasteiger partial charge in [0.25, 0.3) is 15.9 Å². The summed E-state index contributed by atoms with van der Waals surface area (Å²) < 4.78 is 32.7. The minimum absolute atomic E-state index is 0.188. The molecule has 2 aromatic carbocycles. The summed E-state index contributed by atoms with van der Waals surface area (Å²) in [4.78, 5) is 12.3. The average molecular weight is 372 g/mol. The van der Waals surface area contributed by atoms with Crippen LogP contribution < -0.4 is 9.62 Å². The predicted octanol–water partition coefficient (Wildman–Crippen LogP) is 2.56. The van der Waals surface area contributed by atoms with Gasteiger partial charge >= 0.3 is 0 Å². The van der Waals surface area contributed by atoms with Crippen LogP contribution in [-0.2, 0) is 26.0 Å². The molecule has 0 saturated carbocycles. The van der Waals surface area contributed by atoms with Gasteiger partial charge in [-0.3, -0.25) is 9.10 Å². The Morgan fingerprint density at radius 2 is 1.88 bits per heavy atom. The van der Waals surface area contributed by atoms with Crippen molar-refractivity contribution in [3.63, 3.8) is 0 Å². The van der Waals surface area contributed by atoms with Gasteiger partial charge in [0.05, 0.1) is 10.6 Å². The Bertz CT molecular complexity index is 919. The van der Waals surface area contributed by atoms with Crippen LogP contribution in [0.25, 0.3) is 0 Å². The molecule has 2 heterocycles. The maximum absolute atomic E-state index is 13.0. The van der Waals surface area contributed by atoms with E-state index in [1.807, 2.05) is 24.3 Å². The van der Waals surface area contributed by atoms with Crippen LogP contribution >= 0.6 is 0 Å². The lowest BCUT2D eigenvalue weighted by molar-refractivity contribution is -0.124. The molecule has 0 aromatic heterocycles. The Labute approximate surface area is 152 Å². The lowest BCUT2D eigenvalue weighted by atomic mass is 10.2. The monoisotopic (exact) mass is 372 g/mol. The lowest BCUT2D eigenvalue weighted by Gasteiger charge is -2.19. The number of hydrogen-bond acceptors (Lipinski definition) is 4. The van der Waals surface area contributed by atoms with Gasteiger partial charge in [0, 0.05) is 18.8 Å². The van der Waals surface area contributed by atoms with Gasteiger partial charge in [-0.15, -0.1) is 0 Å². The van der Waals surface area contributed by atoms with Crippen molar-refractivity contribution >= 4 is 27.3 Å². The van der Waals surface area contributed by atoms with Gasteiger partial charge in [0.2, 0.25) is 0 Å². The van der Waals surface area contributed by atoms with Crippen LogP contribution in [0.4, 0.5) is 11.4 Å². The minimum Gasteiger partial charge on any atom is -0.368 e. The van der Waals surface area contributed by atoms with E-state index < -0.39 is 16.1 Å². The highest BCUT2D eigenvalue weighted by Crippen LogP contribution is 2.32. The molecule has 7 heteroatoms. The summed E-state index contributed by atoms with van der Waals surface area (Å²) in [5.74, 6) is -0.188. The van der Waals surface area contributed by atoms with Gasteiger partial charge in [-0.2, -0.15) is 0 Å². The van der Waals surface area contributed by atoms with E-state index in [1.54, 1.807) is 12.1 Å². The van der Waals surface area contributed by atoms with Gasteiger partial charge < -0.3 is 10.1 Å². The highest BCUT2D eigenvalue weighted by molar-refractivity contribution is 7.92. The average Bonchev–Trinajstić information content (AvgIpc) is 3.32. The third-order valence-electron chi connectivity index (χ3n) is 4.78. The van der Waals surface area contributed by atoms with Crippen LogP contribution in [0.3, 0.4) is 0 Å². The fraction of sp³-hybridized carbons (Fsp3) is 0.316. The molecule has 0 radical (unpaired) electrons. The fourth-order valence-electron chi connectivity index (χ4n) is 3.40. The molecule has 2 aliphatic heterocycles. The van der Waals surface area contributed by atoms with E-state index in [1.165, 1.54) is 16.4 Å². The van der Waals surface area contributed by atoms with Crippen molar-refractivity contribution in [3.05, 3.63) is 54.1 Å². The number of amides is 1. The first-order chi connectivity index (χ1) is 12.6. The molecule has 0 spiro atoms. The van der Waals surface area contributed by atoms with Gasteiger partial charge in [-0.25, -0.2) is 8.42 Å². The highest BCUT2D eigenvalue weighted by atomic mass is 32.2. The van der Waals surface area contributed by atoms with Crippen molar-refractivity contribution in [2.75, 3.05) is 22.8 Å². The maximum atomic E-state index is 13.0. The third-order valence-corrected chi connectivity index (χ3v) is 6.60. The molecular weight excluding hydrogens is 352 g/mol. The number of benzene rings is 2. The van der Waals surface area contributed by atoms with E-state index >= 15 is 0 Å². The second-order valence-electron chi connectivity index (χ2n) is 6.47. The van der Waals surface area contributed by atoms with Crippen LogP contribution in [0.15, 0.2) is 53.4 Å². The van der Waals surface area contributed by atoms with Gasteiger partial charge in [-0.1, -0.05) is 18.2 Å². The second kappa shape index (κ2) is 6.74. The van der Waals surface area contributed by atoms with E-state index in [4.69, 9.17) is 4.74 Å². The molecule has 4 rings (SSSR count). The van der Waals surface area contributed by atoms with Crippen LogP contribution in [0.5, 0.6) is 0 Å². The zero-order chi connectivity index (χ0) is 18.1. The van der Waals surface area contributed by atoms with Crippen molar-refractivity contribution < 1.29 is 17.9 Å². The number of nitrogens with one attached hydrogen (secondary N) is 1. The van der Waals surface area contributed by atoms with Crippen LogP contribution in [-0.4, -0.2) is 33.6 Å². The number of carbonyl (C=O) groups excluding carboxylic acids is 1. The Kier molecular flexibility index (Phi) is 4.42. The quantitative estimate of drug-likeness (QED) is 0.895. The first-order valence-electron chi connectivity index (χ1n) is 8.69. The SMILES string of the molecule is O=C(Nc1ccc(S(=O)(=O)N2CCc3ccccc32)cc1)[C@H]1CCCO1. The number of carbonyl (C=O) groups is 1. The van der Waals surface area contributed by atoms with Gasteiger partial charge in [0.15, 0.2) is 0 Å². The van der Waals surface area contributed by atoms with E-state index in [2.05, 4.69) is 5.32 Å². The van der Waals surface area contributed by atoms with Crippen LogP contribution in [0.2, 0.25) is 0 Å². The number of fused-ring (bicyclic) bond motifs is 1. The Morgan fingerprint density at radius 3 is 2.62 bits per heavy atom. The van der Waals surface area contributed by atoms with Crippen molar-refractivity contribution in [3.8, 4) is 0 Å². The number of hydrogen-bond donors (Lipinski definition) is 1. The molecule has 26 heavy (non-hydrogen) atoms. The topological polar surface area (TPSA) is 75.7 Å². The summed E-state index contributed by atoms with van der Waals surface area (Å²) in [6.45, 7) is 1.05. The normalized spacial score (nSPS) is 19.4. The van der Waals surface area contributed by atoms with E-state index in [0.29, 0.717) is 31.7 Å². The van der Waals surface area contributed by atoms with Crippen LogP contribution in [0.1, 0.15) is 18.4 Å². The van der Waals surface area contributed by atoms with Crippen LogP contribution in [0, 0.1) is 0 Å². The first kappa shape index (κ1) is 17.1. The van der Waals surface area contributed by atoms with E-state index in [0.717, 1.165) is 17.7 Å². The molecule has 1 N–H and O–H groups in total. The number of sulfonamides is 1. The van der Waals surface area contributed by atoms with Gasteiger partial charge in [0.1, 0.15) is 6.10 Å². The molecule has 6 nitrogen and oxygen atoms in total.